The summed E-state index contributed by atoms with van der Waals surface area (Å²) in [5.41, 5.74) is 0.524. The molecule has 10 heteroatoms. The van der Waals surface area contributed by atoms with Crippen molar-refractivity contribution in [1.29, 1.82) is 0 Å². The van der Waals surface area contributed by atoms with Crippen LogP contribution in [0.5, 0.6) is 0 Å². The molecule has 0 aliphatic heterocycles. The van der Waals surface area contributed by atoms with Gasteiger partial charge in [0.2, 0.25) is 0 Å². The van der Waals surface area contributed by atoms with Gasteiger partial charge in [-0.15, -0.1) is 24.0 Å². The lowest BCUT2D eigenvalue weighted by molar-refractivity contribution is 0.0529. The molecule has 2 rings (SSSR count). The van der Waals surface area contributed by atoms with Crippen LogP contribution in [0.25, 0.3) is 5.82 Å². The maximum atomic E-state index is 11.6. The Morgan fingerprint density at radius 2 is 1.97 bits per heavy atom. The molecule has 0 unspecified atom stereocenters. The molecule has 0 fully saturated rings. The van der Waals surface area contributed by atoms with E-state index in [1.807, 2.05) is 50.6 Å². The first-order valence-electron chi connectivity index (χ1n) is 9.29. The highest BCUT2D eigenvalue weighted by molar-refractivity contribution is 14.0. The number of hydrogen-bond donors (Lipinski definition) is 3. The van der Waals surface area contributed by atoms with Gasteiger partial charge in [-0.25, -0.2) is 19.8 Å². The molecule has 0 aromatic carbocycles. The summed E-state index contributed by atoms with van der Waals surface area (Å²) in [6.07, 6.45) is 6.59. The first kappa shape index (κ1) is 24.7. The normalized spacial score (nSPS) is 11.4. The standard InChI is InChI=1S/C19H29N7O2.HI/c1-5-21-17(23-8-9-24-18(27)28-19(2,3)4)25-13-15-6-7-22-16(12-15)26-11-10-20-14-26;/h6-7,10-12,14H,5,8-9,13H2,1-4H3,(H,24,27)(H2,21,23,25);1H. The molecule has 1 amide bonds. The van der Waals surface area contributed by atoms with Crippen LogP contribution in [0, 0.1) is 0 Å². The molecule has 2 aromatic heterocycles. The Labute approximate surface area is 188 Å². The predicted molar refractivity (Wildman–Crippen MR) is 124 cm³/mol. The van der Waals surface area contributed by atoms with Gasteiger partial charge in [0.15, 0.2) is 5.96 Å². The summed E-state index contributed by atoms with van der Waals surface area (Å²) in [5, 5.41) is 9.08. The highest BCUT2D eigenvalue weighted by Crippen LogP contribution is 2.08. The Kier molecular flexibility index (Phi) is 10.4. The van der Waals surface area contributed by atoms with Crippen molar-refractivity contribution < 1.29 is 9.53 Å². The molecule has 0 saturated carbocycles. The Bertz CT molecular complexity index is 773. The number of nitrogens with zero attached hydrogens (tertiary/aromatic N) is 4. The second kappa shape index (κ2) is 12.2. The molecule has 0 aliphatic rings. The molecule has 2 aromatic rings. The number of carbonyl (C=O) groups is 1. The number of imidazole rings is 1. The Morgan fingerprint density at radius 1 is 1.21 bits per heavy atom. The minimum atomic E-state index is -0.506. The maximum absolute atomic E-state index is 11.6. The van der Waals surface area contributed by atoms with E-state index in [2.05, 4.69) is 30.9 Å². The highest BCUT2D eigenvalue weighted by atomic mass is 127. The van der Waals surface area contributed by atoms with E-state index >= 15 is 0 Å². The van der Waals surface area contributed by atoms with Crippen LogP contribution in [0.15, 0.2) is 42.0 Å². The van der Waals surface area contributed by atoms with Gasteiger partial charge in [0.1, 0.15) is 17.7 Å². The molecular weight excluding hydrogens is 485 g/mol. The fourth-order valence-corrected chi connectivity index (χ4v) is 2.27. The summed E-state index contributed by atoms with van der Waals surface area (Å²) < 4.78 is 7.05. The topological polar surface area (TPSA) is 105 Å². The van der Waals surface area contributed by atoms with Crippen molar-refractivity contribution in [1.82, 2.24) is 30.5 Å². The Balaban J connectivity index is 0.00000420. The second-order valence-corrected chi connectivity index (χ2v) is 7.04. The van der Waals surface area contributed by atoms with E-state index in [0.717, 1.165) is 17.9 Å². The van der Waals surface area contributed by atoms with Gasteiger partial charge in [0, 0.05) is 38.2 Å². The third kappa shape index (κ3) is 9.59. The molecule has 0 bridgehead atoms. The fraction of sp³-hybridized carbons (Fsp3) is 0.474. The van der Waals surface area contributed by atoms with E-state index in [-0.39, 0.29) is 24.0 Å². The first-order valence-corrected chi connectivity index (χ1v) is 9.29. The second-order valence-electron chi connectivity index (χ2n) is 7.04. The van der Waals surface area contributed by atoms with Crippen molar-refractivity contribution in [3.63, 3.8) is 0 Å². The molecule has 0 aliphatic carbocycles. The number of rotatable bonds is 7. The molecule has 29 heavy (non-hydrogen) atoms. The number of aliphatic imine (C=N–C) groups is 1. The zero-order chi connectivity index (χ0) is 20.4. The number of alkyl carbamates (subject to hydrolysis) is 1. The van der Waals surface area contributed by atoms with Crippen molar-refractivity contribution >= 4 is 36.0 Å². The molecule has 0 atom stereocenters. The Morgan fingerprint density at radius 3 is 2.62 bits per heavy atom. The molecular formula is C19H30IN7O2. The third-order valence-electron chi connectivity index (χ3n) is 3.43. The third-order valence-corrected chi connectivity index (χ3v) is 3.43. The van der Waals surface area contributed by atoms with Crippen LogP contribution in [0.4, 0.5) is 4.79 Å². The van der Waals surface area contributed by atoms with Crippen LogP contribution < -0.4 is 16.0 Å². The van der Waals surface area contributed by atoms with E-state index in [1.54, 1.807) is 18.7 Å². The van der Waals surface area contributed by atoms with Crippen LogP contribution in [0.1, 0.15) is 33.3 Å². The number of halogens is 1. The largest absolute Gasteiger partial charge is 0.444 e. The van der Waals surface area contributed by atoms with Crippen molar-refractivity contribution in [3.05, 3.63) is 42.6 Å². The maximum Gasteiger partial charge on any atom is 0.407 e. The number of ether oxygens (including phenoxy) is 1. The minimum Gasteiger partial charge on any atom is -0.444 e. The van der Waals surface area contributed by atoms with E-state index in [0.29, 0.717) is 25.6 Å². The number of amides is 1. The lowest BCUT2D eigenvalue weighted by Crippen LogP contribution is -2.42. The highest BCUT2D eigenvalue weighted by Gasteiger charge is 2.15. The summed E-state index contributed by atoms with van der Waals surface area (Å²) >= 11 is 0. The van der Waals surface area contributed by atoms with Crippen molar-refractivity contribution in [2.75, 3.05) is 19.6 Å². The number of guanidine groups is 1. The van der Waals surface area contributed by atoms with E-state index in [9.17, 15) is 4.79 Å². The lowest BCUT2D eigenvalue weighted by Gasteiger charge is -2.19. The molecule has 9 nitrogen and oxygen atoms in total. The molecule has 0 spiro atoms. The molecule has 2 heterocycles. The lowest BCUT2D eigenvalue weighted by atomic mass is 10.2. The summed E-state index contributed by atoms with van der Waals surface area (Å²) in [4.78, 5) is 24.6. The van der Waals surface area contributed by atoms with E-state index in [1.165, 1.54) is 0 Å². The smallest absolute Gasteiger partial charge is 0.407 e. The van der Waals surface area contributed by atoms with Crippen LogP contribution >= 0.6 is 24.0 Å². The van der Waals surface area contributed by atoms with Gasteiger partial charge in [-0.05, 0) is 45.4 Å². The summed E-state index contributed by atoms with van der Waals surface area (Å²) in [6, 6.07) is 3.90. The number of carbonyl (C=O) groups excluding carboxylic acids is 1. The number of hydrogen-bond acceptors (Lipinski definition) is 5. The van der Waals surface area contributed by atoms with Crippen molar-refractivity contribution in [2.24, 2.45) is 4.99 Å². The van der Waals surface area contributed by atoms with Gasteiger partial charge >= 0.3 is 6.09 Å². The molecule has 160 valence electrons. The minimum absolute atomic E-state index is 0. The van der Waals surface area contributed by atoms with Gasteiger partial charge in [0.25, 0.3) is 0 Å². The quantitative estimate of drug-likeness (QED) is 0.227. The van der Waals surface area contributed by atoms with E-state index in [4.69, 9.17) is 4.74 Å². The van der Waals surface area contributed by atoms with Gasteiger partial charge < -0.3 is 20.7 Å². The zero-order valence-electron chi connectivity index (χ0n) is 17.3. The summed E-state index contributed by atoms with van der Waals surface area (Å²) in [5.74, 6) is 1.47. The number of aromatic nitrogens is 3. The van der Waals surface area contributed by atoms with Crippen LogP contribution in [-0.4, -0.2) is 51.8 Å². The summed E-state index contributed by atoms with van der Waals surface area (Å²) in [6.45, 7) is 9.69. The van der Waals surface area contributed by atoms with Crippen LogP contribution in [0.2, 0.25) is 0 Å². The number of pyridine rings is 1. The van der Waals surface area contributed by atoms with Gasteiger partial charge in [-0.3, -0.25) is 4.57 Å². The van der Waals surface area contributed by atoms with Gasteiger partial charge in [-0.2, -0.15) is 0 Å². The fourth-order valence-electron chi connectivity index (χ4n) is 2.27. The zero-order valence-corrected chi connectivity index (χ0v) is 19.6. The van der Waals surface area contributed by atoms with Crippen molar-refractivity contribution in [3.8, 4) is 5.82 Å². The van der Waals surface area contributed by atoms with Crippen molar-refractivity contribution in [2.45, 2.75) is 39.8 Å². The van der Waals surface area contributed by atoms with Crippen LogP contribution in [0.3, 0.4) is 0 Å². The van der Waals surface area contributed by atoms with Gasteiger partial charge in [-0.1, -0.05) is 0 Å². The number of nitrogens with one attached hydrogen (secondary N) is 3. The average Bonchev–Trinajstić information content (AvgIpc) is 3.16. The summed E-state index contributed by atoms with van der Waals surface area (Å²) in [7, 11) is 0. The predicted octanol–water partition coefficient (Wildman–Crippen LogP) is 2.47. The monoisotopic (exact) mass is 515 g/mol. The van der Waals surface area contributed by atoms with E-state index < -0.39 is 11.7 Å². The Hall–Kier alpha value is -2.37. The van der Waals surface area contributed by atoms with Crippen LogP contribution in [-0.2, 0) is 11.3 Å². The van der Waals surface area contributed by atoms with Gasteiger partial charge in [0.05, 0.1) is 6.54 Å². The molecule has 0 radical (unpaired) electrons. The first-order chi connectivity index (χ1) is 13.4. The SMILES string of the molecule is CCNC(=NCc1ccnc(-n2ccnc2)c1)NCCNC(=O)OC(C)(C)C.I. The molecule has 0 saturated heterocycles. The average molecular weight is 515 g/mol. The molecule has 3 N–H and O–H groups in total.